The molecule has 0 aliphatic heterocycles. The van der Waals surface area contributed by atoms with E-state index in [4.69, 9.17) is 16.3 Å². The Morgan fingerprint density at radius 2 is 2.00 bits per heavy atom. The quantitative estimate of drug-likeness (QED) is 0.789. The lowest BCUT2D eigenvalue weighted by atomic mass is 10.1. The first-order valence-corrected chi connectivity index (χ1v) is 5.35. The summed E-state index contributed by atoms with van der Waals surface area (Å²) in [5.74, 6) is 0.880. The van der Waals surface area contributed by atoms with E-state index < -0.39 is 0 Å². The number of nitrogens with zero attached hydrogens (tertiary/aromatic N) is 1. The summed E-state index contributed by atoms with van der Waals surface area (Å²) >= 11 is 5.93. The highest BCUT2D eigenvalue weighted by Crippen LogP contribution is 2.25. The number of ether oxygens (including phenoxy) is 1. The number of methoxy groups -OCH3 is 1. The van der Waals surface area contributed by atoms with Crippen LogP contribution in [0, 0.1) is 6.92 Å². The summed E-state index contributed by atoms with van der Waals surface area (Å²) in [4.78, 5) is 4.28. The Labute approximate surface area is 99.9 Å². The molecule has 1 aromatic heterocycles. The second-order valence-corrected chi connectivity index (χ2v) is 3.98. The van der Waals surface area contributed by atoms with E-state index in [1.165, 1.54) is 0 Å². The van der Waals surface area contributed by atoms with Gasteiger partial charge in [-0.2, -0.15) is 0 Å². The number of aromatic nitrogens is 1. The molecule has 0 fully saturated rings. The number of benzene rings is 1. The molecule has 0 unspecified atom stereocenters. The molecule has 82 valence electrons. The van der Waals surface area contributed by atoms with Gasteiger partial charge in [-0.15, -0.1) is 0 Å². The van der Waals surface area contributed by atoms with Gasteiger partial charge in [-0.25, -0.2) is 0 Å². The summed E-state index contributed by atoms with van der Waals surface area (Å²) in [6, 6.07) is 9.57. The van der Waals surface area contributed by atoms with Crippen LogP contribution in [0.1, 0.15) is 5.56 Å². The third-order valence-electron chi connectivity index (χ3n) is 2.41. The van der Waals surface area contributed by atoms with Crippen molar-refractivity contribution in [2.45, 2.75) is 6.92 Å². The van der Waals surface area contributed by atoms with E-state index in [0.717, 1.165) is 22.6 Å². The summed E-state index contributed by atoms with van der Waals surface area (Å²) in [5, 5.41) is 0.693. The molecule has 1 aromatic carbocycles. The van der Waals surface area contributed by atoms with Gasteiger partial charge in [0.25, 0.3) is 0 Å². The van der Waals surface area contributed by atoms with Crippen molar-refractivity contribution < 1.29 is 4.74 Å². The third-order valence-corrected chi connectivity index (χ3v) is 2.65. The summed E-state index contributed by atoms with van der Waals surface area (Å²) < 4.78 is 5.21. The first-order chi connectivity index (χ1) is 7.70. The summed E-state index contributed by atoms with van der Waals surface area (Å²) in [7, 11) is 1.67. The predicted molar refractivity (Wildman–Crippen MR) is 66.0 cm³/mol. The van der Waals surface area contributed by atoms with Gasteiger partial charge >= 0.3 is 0 Å². The zero-order chi connectivity index (χ0) is 11.5. The second-order valence-electron chi connectivity index (χ2n) is 3.54. The SMILES string of the molecule is COc1ccc(-c2cc(Cl)ccn2)cc1C. The molecule has 16 heavy (non-hydrogen) atoms. The lowest BCUT2D eigenvalue weighted by Gasteiger charge is -2.07. The average molecular weight is 234 g/mol. The van der Waals surface area contributed by atoms with Crippen molar-refractivity contribution >= 4 is 11.6 Å². The third kappa shape index (κ3) is 2.17. The molecular formula is C13H12ClNO. The molecule has 0 aliphatic carbocycles. The molecule has 2 rings (SSSR count). The van der Waals surface area contributed by atoms with Gasteiger partial charge in [0.05, 0.1) is 12.8 Å². The Bertz CT molecular complexity index is 511. The Hall–Kier alpha value is -1.54. The molecule has 2 nitrogen and oxygen atoms in total. The zero-order valence-electron chi connectivity index (χ0n) is 9.20. The van der Waals surface area contributed by atoms with Crippen molar-refractivity contribution in [3.63, 3.8) is 0 Å². The first kappa shape index (κ1) is 11.0. The zero-order valence-corrected chi connectivity index (χ0v) is 9.95. The molecule has 3 heteroatoms. The molecule has 0 atom stereocenters. The van der Waals surface area contributed by atoms with Crippen molar-refractivity contribution in [2.24, 2.45) is 0 Å². The van der Waals surface area contributed by atoms with Gasteiger partial charge in [0.2, 0.25) is 0 Å². The number of halogens is 1. The summed E-state index contributed by atoms with van der Waals surface area (Å²) in [6.07, 6.45) is 1.71. The number of hydrogen-bond donors (Lipinski definition) is 0. The van der Waals surface area contributed by atoms with Crippen molar-refractivity contribution in [1.82, 2.24) is 4.98 Å². The fourth-order valence-corrected chi connectivity index (χ4v) is 1.76. The highest BCUT2D eigenvalue weighted by atomic mass is 35.5. The fraction of sp³-hybridized carbons (Fsp3) is 0.154. The lowest BCUT2D eigenvalue weighted by Crippen LogP contribution is -1.89. The molecule has 0 radical (unpaired) electrons. The molecule has 0 saturated heterocycles. The van der Waals surface area contributed by atoms with Crippen LogP contribution in [0.4, 0.5) is 0 Å². The molecule has 0 aliphatic rings. The monoisotopic (exact) mass is 233 g/mol. The van der Waals surface area contributed by atoms with E-state index in [1.54, 1.807) is 19.4 Å². The largest absolute Gasteiger partial charge is 0.496 e. The van der Waals surface area contributed by atoms with Gasteiger partial charge < -0.3 is 4.74 Å². The van der Waals surface area contributed by atoms with E-state index in [-0.39, 0.29) is 0 Å². The van der Waals surface area contributed by atoms with E-state index in [1.807, 2.05) is 31.2 Å². The normalized spacial score (nSPS) is 10.2. The molecule has 2 aromatic rings. The van der Waals surface area contributed by atoms with E-state index in [9.17, 15) is 0 Å². The fourth-order valence-electron chi connectivity index (χ4n) is 1.60. The van der Waals surface area contributed by atoms with E-state index in [2.05, 4.69) is 4.98 Å². The Balaban J connectivity index is 2.45. The van der Waals surface area contributed by atoms with Crippen LogP contribution >= 0.6 is 11.6 Å². The number of aryl methyl sites for hydroxylation is 1. The maximum absolute atomic E-state index is 5.93. The van der Waals surface area contributed by atoms with Crippen molar-refractivity contribution in [3.05, 3.63) is 47.1 Å². The molecule has 0 N–H and O–H groups in total. The van der Waals surface area contributed by atoms with Crippen LogP contribution in [0.2, 0.25) is 5.02 Å². The van der Waals surface area contributed by atoms with Gasteiger partial charge in [0.15, 0.2) is 0 Å². The maximum atomic E-state index is 5.93. The van der Waals surface area contributed by atoms with Crippen molar-refractivity contribution in [2.75, 3.05) is 7.11 Å². The molecule has 0 bridgehead atoms. The van der Waals surface area contributed by atoms with Crippen LogP contribution in [0.5, 0.6) is 5.75 Å². The Morgan fingerprint density at radius 1 is 1.19 bits per heavy atom. The van der Waals surface area contributed by atoms with Gasteiger partial charge in [-0.05, 0) is 42.8 Å². The smallest absolute Gasteiger partial charge is 0.121 e. The molecule has 1 heterocycles. The van der Waals surface area contributed by atoms with Crippen LogP contribution in [0.15, 0.2) is 36.5 Å². The number of rotatable bonds is 2. The summed E-state index contributed by atoms with van der Waals surface area (Å²) in [6.45, 7) is 2.01. The maximum Gasteiger partial charge on any atom is 0.121 e. The van der Waals surface area contributed by atoms with Crippen LogP contribution in [-0.4, -0.2) is 12.1 Å². The molecule has 0 saturated carbocycles. The van der Waals surface area contributed by atoms with Crippen LogP contribution in [-0.2, 0) is 0 Å². The number of hydrogen-bond acceptors (Lipinski definition) is 2. The van der Waals surface area contributed by atoms with Crippen molar-refractivity contribution in [1.29, 1.82) is 0 Å². The minimum absolute atomic E-state index is 0.693. The minimum atomic E-state index is 0.693. The van der Waals surface area contributed by atoms with Crippen LogP contribution in [0.3, 0.4) is 0 Å². The highest BCUT2D eigenvalue weighted by molar-refractivity contribution is 6.30. The van der Waals surface area contributed by atoms with Gasteiger partial charge in [0, 0.05) is 16.8 Å². The van der Waals surface area contributed by atoms with Crippen molar-refractivity contribution in [3.8, 4) is 17.0 Å². The molecule has 0 spiro atoms. The van der Waals surface area contributed by atoms with Crippen LogP contribution < -0.4 is 4.74 Å². The molecular weight excluding hydrogens is 222 g/mol. The minimum Gasteiger partial charge on any atom is -0.496 e. The summed E-state index contributed by atoms with van der Waals surface area (Å²) in [5.41, 5.74) is 3.00. The topological polar surface area (TPSA) is 22.1 Å². The van der Waals surface area contributed by atoms with Gasteiger partial charge in [0.1, 0.15) is 5.75 Å². The Morgan fingerprint density at radius 3 is 2.62 bits per heavy atom. The van der Waals surface area contributed by atoms with E-state index in [0.29, 0.717) is 5.02 Å². The predicted octanol–water partition coefficient (Wildman–Crippen LogP) is 3.72. The average Bonchev–Trinajstić information content (AvgIpc) is 2.29. The molecule has 0 amide bonds. The standard InChI is InChI=1S/C13H12ClNO/c1-9-7-10(3-4-13(9)16-2)12-8-11(14)5-6-15-12/h3-8H,1-2H3. The number of pyridine rings is 1. The first-order valence-electron chi connectivity index (χ1n) is 4.97. The van der Waals surface area contributed by atoms with Crippen LogP contribution in [0.25, 0.3) is 11.3 Å². The Kier molecular flexibility index (Phi) is 3.11. The highest BCUT2D eigenvalue weighted by Gasteiger charge is 2.03. The van der Waals surface area contributed by atoms with Gasteiger partial charge in [-0.3, -0.25) is 4.98 Å². The second kappa shape index (κ2) is 4.54. The van der Waals surface area contributed by atoms with E-state index >= 15 is 0 Å². The lowest BCUT2D eigenvalue weighted by molar-refractivity contribution is 0.412. The van der Waals surface area contributed by atoms with Gasteiger partial charge in [-0.1, -0.05) is 11.6 Å².